The zero-order valence-electron chi connectivity index (χ0n) is 17.2. The van der Waals surface area contributed by atoms with E-state index in [-0.39, 0.29) is 10.3 Å². The Kier molecular flexibility index (Phi) is 5.67. The highest BCUT2D eigenvalue weighted by Crippen LogP contribution is 2.33. The molecule has 5 aromatic rings. The van der Waals surface area contributed by atoms with E-state index in [9.17, 15) is 14.0 Å². The number of hydrogen-bond donors (Lipinski definition) is 1. The lowest BCUT2D eigenvalue weighted by molar-refractivity contribution is 0.631. The largest absolute Gasteiger partial charge is 0.333 e. The third kappa shape index (κ3) is 3.49. The zero-order chi connectivity index (χ0) is 22.8. The molecule has 0 unspecified atom stereocenters. The van der Waals surface area contributed by atoms with Gasteiger partial charge in [0.1, 0.15) is 10.5 Å². The van der Waals surface area contributed by atoms with Crippen LogP contribution in [0, 0.1) is 17.1 Å². The minimum atomic E-state index is -0.610. The Morgan fingerprint density at radius 3 is 2.66 bits per heavy atom. The number of fused-ring (bicyclic) bond motifs is 2. The fraction of sp³-hybridized carbons (Fsp3) is 0.0833. The van der Waals surface area contributed by atoms with Gasteiger partial charge >= 0.3 is 5.69 Å². The topological polar surface area (TPSA) is 91.5 Å². The summed E-state index contributed by atoms with van der Waals surface area (Å²) in [5.41, 5.74) is 0.0665. The number of nitrogens with zero attached hydrogens (tertiary/aromatic N) is 3. The summed E-state index contributed by atoms with van der Waals surface area (Å²) >= 11 is 1.06. The van der Waals surface area contributed by atoms with E-state index in [0.717, 1.165) is 21.3 Å². The standard InChI is InChI=1S/C22H11FN4O2S.C2H6/c23-16-6-5-12(9-24)7-15(16)19-8-17-20(30-19)21(28)27(22(29)26-17)18-11-25-10-13-3-1-2-4-14(13)18;1-2/h1-8,10-11H,(H,26,29);1-2H3. The second kappa shape index (κ2) is 8.57. The summed E-state index contributed by atoms with van der Waals surface area (Å²) in [5.74, 6) is -0.513. The van der Waals surface area contributed by atoms with Crippen LogP contribution in [-0.2, 0) is 0 Å². The molecule has 3 heterocycles. The van der Waals surface area contributed by atoms with Crippen molar-refractivity contribution >= 4 is 32.3 Å². The molecule has 0 radical (unpaired) electrons. The van der Waals surface area contributed by atoms with Gasteiger partial charge in [-0.05, 0) is 24.3 Å². The van der Waals surface area contributed by atoms with E-state index < -0.39 is 17.1 Å². The number of thiophene rings is 1. The Hall–Kier alpha value is -4.09. The molecule has 2 aromatic carbocycles. The van der Waals surface area contributed by atoms with E-state index >= 15 is 0 Å². The molecule has 0 fully saturated rings. The quantitative estimate of drug-likeness (QED) is 0.415. The molecule has 158 valence electrons. The number of pyridine rings is 1. The molecule has 6 nitrogen and oxygen atoms in total. The van der Waals surface area contributed by atoms with Gasteiger partial charge in [0.2, 0.25) is 0 Å². The second-order valence-electron chi connectivity index (χ2n) is 6.61. The Morgan fingerprint density at radius 1 is 1.09 bits per heavy atom. The van der Waals surface area contributed by atoms with E-state index in [0.29, 0.717) is 27.0 Å². The minimum Gasteiger partial charge on any atom is -0.306 e. The molecule has 0 saturated heterocycles. The number of nitriles is 1. The zero-order valence-corrected chi connectivity index (χ0v) is 18.0. The summed E-state index contributed by atoms with van der Waals surface area (Å²) in [6.45, 7) is 4.00. The van der Waals surface area contributed by atoms with Crippen LogP contribution >= 0.6 is 11.3 Å². The van der Waals surface area contributed by atoms with Crippen LogP contribution in [0.5, 0.6) is 0 Å². The van der Waals surface area contributed by atoms with Crippen molar-refractivity contribution in [3.8, 4) is 22.2 Å². The Balaban J connectivity index is 0.00000119. The van der Waals surface area contributed by atoms with Crippen molar-refractivity contribution in [1.82, 2.24) is 14.5 Å². The van der Waals surface area contributed by atoms with Crippen LogP contribution in [0.2, 0.25) is 0 Å². The van der Waals surface area contributed by atoms with Gasteiger partial charge in [-0.1, -0.05) is 38.1 Å². The van der Waals surface area contributed by atoms with Crippen molar-refractivity contribution in [2.45, 2.75) is 13.8 Å². The molecular weight excluding hydrogens is 427 g/mol. The molecule has 0 aliphatic rings. The maximum atomic E-state index is 14.4. The minimum absolute atomic E-state index is 0.203. The van der Waals surface area contributed by atoms with Crippen molar-refractivity contribution in [1.29, 1.82) is 5.26 Å². The lowest BCUT2D eigenvalue weighted by Crippen LogP contribution is -2.33. The van der Waals surface area contributed by atoms with Crippen LogP contribution in [-0.4, -0.2) is 14.5 Å². The maximum absolute atomic E-state index is 14.4. The van der Waals surface area contributed by atoms with E-state index in [1.807, 2.05) is 44.2 Å². The van der Waals surface area contributed by atoms with Gasteiger partial charge in [0.05, 0.1) is 29.0 Å². The summed E-state index contributed by atoms with van der Waals surface area (Å²) < 4.78 is 15.7. The van der Waals surface area contributed by atoms with Gasteiger partial charge in [0, 0.05) is 27.4 Å². The normalized spacial score (nSPS) is 10.6. The van der Waals surface area contributed by atoms with Crippen molar-refractivity contribution in [2.75, 3.05) is 0 Å². The fourth-order valence-corrected chi connectivity index (χ4v) is 4.48. The van der Waals surface area contributed by atoms with Gasteiger partial charge in [0.25, 0.3) is 5.56 Å². The van der Waals surface area contributed by atoms with E-state index in [1.165, 1.54) is 24.4 Å². The molecule has 3 aromatic heterocycles. The number of nitrogens with one attached hydrogen (secondary N) is 1. The second-order valence-corrected chi connectivity index (χ2v) is 7.66. The van der Waals surface area contributed by atoms with E-state index in [4.69, 9.17) is 5.26 Å². The molecule has 5 rings (SSSR count). The predicted molar refractivity (Wildman–Crippen MR) is 125 cm³/mol. The molecule has 0 amide bonds. The van der Waals surface area contributed by atoms with Crippen molar-refractivity contribution in [2.24, 2.45) is 0 Å². The van der Waals surface area contributed by atoms with E-state index in [1.54, 1.807) is 12.3 Å². The highest BCUT2D eigenvalue weighted by molar-refractivity contribution is 7.22. The molecule has 0 atom stereocenters. The predicted octanol–water partition coefficient (Wildman–Crippen LogP) is 4.99. The number of benzene rings is 2. The molecule has 1 N–H and O–H groups in total. The first-order valence-electron chi connectivity index (χ1n) is 9.89. The molecule has 0 aliphatic heterocycles. The van der Waals surface area contributed by atoms with Gasteiger partial charge in [-0.3, -0.25) is 9.78 Å². The summed E-state index contributed by atoms with van der Waals surface area (Å²) in [4.78, 5) is 33.3. The van der Waals surface area contributed by atoms with Crippen LogP contribution in [0.4, 0.5) is 4.39 Å². The maximum Gasteiger partial charge on any atom is 0.333 e. The fourth-order valence-electron chi connectivity index (χ4n) is 3.42. The summed E-state index contributed by atoms with van der Waals surface area (Å²) in [6.07, 6.45) is 3.13. The average molecular weight is 444 g/mol. The van der Waals surface area contributed by atoms with Crippen molar-refractivity contribution in [3.05, 3.63) is 93.1 Å². The van der Waals surface area contributed by atoms with Crippen LogP contribution in [0.15, 0.2) is 70.5 Å². The molecule has 8 heteroatoms. The molecular formula is C24H17FN4O2S. The SMILES string of the molecule is CC.N#Cc1ccc(F)c(-c2cc3[nH]c(=O)n(-c4cncc5ccccc45)c(=O)c3s2)c1. The van der Waals surface area contributed by atoms with Gasteiger partial charge in [-0.2, -0.15) is 5.26 Å². The lowest BCUT2D eigenvalue weighted by Gasteiger charge is -2.07. The van der Waals surface area contributed by atoms with Gasteiger partial charge < -0.3 is 4.98 Å². The first-order valence-corrected chi connectivity index (χ1v) is 10.7. The third-order valence-electron chi connectivity index (χ3n) is 4.82. The Morgan fingerprint density at radius 2 is 1.88 bits per heavy atom. The van der Waals surface area contributed by atoms with E-state index in [2.05, 4.69) is 9.97 Å². The Labute approximate surface area is 185 Å². The third-order valence-corrected chi connectivity index (χ3v) is 5.98. The van der Waals surface area contributed by atoms with Gasteiger partial charge in [-0.15, -0.1) is 11.3 Å². The molecule has 0 bridgehead atoms. The van der Waals surface area contributed by atoms with Crippen molar-refractivity contribution in [3.63, 3.8) is 0 Å². The first-order chi connectivity index (χ1) is 15.6. The highest BCUT2D eigenvalue weighted by Gasteiger charge is 2.17. The van der Waals surface area contributed by atoms with Crippen LogP contribution < -0.4 is 11.2 Å². The van der Waals surface area contributed by atoms with Crippen LogP contribution in [0.25, 0.3) is 37.1 Å². The summed E-state index contributed by atoms with van der Waals surface area (Å²) in [5, 5.41) is 10.6. The molecule has 0 aliphatic carbocycles. The first kappa shape index (κ1) is 21.2. The number of rotatable bonds is 2. The monoisotopic (exact) mass is 444 g/mol. The summed E-state index contributed by atoms with van der Waals surface area (Å²) in [6, 6.07) is 14.9. The number of aromatic nitrogens is 3. The number of H-pyrrole nitrogens is 1. The van der Waals surface area contributed by atoms with Crippen molar-refractivity contribution < 1.29 is 4.39 Å². The van der Waals surface area contributed by atoms with Crippen LogP contribution in [0.1, 0.15) is 19.4 Å². The lowest BCUT2D eigenvalue weighted by atomic mass is 10.1. The number of aromatic amines is 1. The highest BCUT2D eigenvalue weighted by atomic mass is 32.1. The Bertz CT molecular complexity index is 1620. The number of hydrogen-bond acceptors (Lipinski definition) is 5. The molecule has 32 heavy (non-hydrogen) atoms. The summed E-state index contributed by atoms with van der Waals surface area (Å²) in [7, 11) is 0. The van der Waals surface area contributed by atoms with Gasteiger partial charge in [0.15, 0.2) is 0 Å². The smallest absolute Gasteiger partial charge is 0.306 e. The molecule has 0 spiro atoms. The molecule has 0 saturated carbocycles. The van der Waals surface area contributed by atoms with Crippen LogP contribution in [0.3, 0.4) is 0 Å². The average Bonchev–Trinajstić information content (AvgIpc) is 3.25. The van der Waals surface area contributed by atoms with Gasteiger partial charge in [-0.25, -0.2) is 13.8 Å². The number of halogens is 1.